The average molecular weight is 266 g/mol. The van der Waals surface area contributed by atoms with Crippen LogP contribution in [-0.4, -0.2) is 32.0 Å². The molecule has 0 spiro atoms. The number of anilines is 1. The fourth-order valence-electron chi connectivity index (χ4n) is 1.76. The first-order valence-corrected chi connectivity index (χ1v) is 7.11. The smallest absolute Gasteiger partial charge is 0.319 e. The van der Waals surface area contributed by atoms with Crippen LogP contribution >= 0.6 is 11.8 Å². The fourth-order valence-corrected chi connectivity index (χ4v) is 2.31. The Labute approximate surface area is 111 Å². The van der Waals surface area contributed by atoms with Gasteiger partial charge >= 0.3 is 6.03 Å². The third kappa shape index (κ3) is 3.17. The summed E-state index contributed by atoms with van der Waals surface area (Å²) in [6.45, 7) is 4.18. The van der Waals surface area contributed by atoms with E-state index >= 15 is 0 Å². The van der Waals surface area contributed by atoms with Crippen molar-refractivity contribution in [3.63, 3.8) is 0 Å². The van der Waals surface area contributed by atoms with E-state index in [0.29, 0.717) is 19.8 Å². The molecule has 1 fully saturated rings. The van der Waals surface area contributed by atoms with Gasteiger partial charge in [-0.15, -0.1) is 11.8 Å². The van der Waals surface area contributed by atoms with Gasteiger partial charge < -0.3 is 15.4 Å². The largest absolute Gasteiger partial charge is 0.380 e. The topological polar surface area (TPSA) is 50.4 Å². The molecule has 0 unspecified atom stereocenters. The third-order valence-corrected chi connectivity index (χ3v) is 3.73. The molecule has 2 N–H and O–H groups in total. The van der Waals surface area contributed by atoms with E-state index in [9.17, 15) is 4.79 Å². The first-order valence-electron chi connectivity index (χ1n) is 5.89. The second-order valence-electron chi connectivity index (χ2n) is 4.81. The highest BCUT2D eigenvalue weighted by Crippen LogP contribution is 2.26. The SMILES string of the molecule is CSc1ccccc1NC(=O)NCC1(C)COC1. The lowest BCUT2D eigenvalue weighted by Crippen LogP contribution is -2.49. The van der Waals surface area contributed by atoms with E-state index in [-0.39, 0.29) is 11.4 Å². The molecule has 18 heavy (non-hydrogen) atoms. The molecule has 0 radical (unpaired) electrons. The molecule has 0 bridgehead atoms. The summed E-state index contributed by atoms with van der Waals surface area (Å²) >= 11 is 1.61. The molecule has 2 rings (SSSR count). The zero-order valence-corrected chi connectivity index (χ0v) is 11.5. The number of carbonyl (C=O) groups excluding carboxylic acids is 1. The molecule has 5 heteroatoms. The summed E-state index contributed by atoms with van der Waals surface area (Å²) in [7, 11) is 0. The molecule has 0 aromatic heterocycles. The first-order chi connectivity index (χ1) is 8.63. The average Bonchev–Trinajstić information content (AvgIpc) is 2.35. The molecule has 1 aromatic carbocycles. The lowest BCUT2D eigenvalue weighted by Gasteiger charge is -2.37. The van der Waals surface area contributed by atoms with E-state index in [0.717, 1.165) is 10.6 Å². The normalized spacial score (nSPS) is 16.8. The summed E-state index contributed by atoms with van der Waals surface area (Å²) in [6, 6.07) is 7.60. The van der Waals surface area contributed by atoms with Crippen LogP contribution in [0.25, 0.3) is 0 Å². The Bertz CT molecular complexity index is 433. The van der Waals surface area contributed by atoms with E-state index in [1.165, 1.54) is 0 Å². The molecule has 0 atom stereocenters. The van der Waals surface area contributed by atoms with Crippen LogP contribution in [0.5, 0.6) is 0 Å². The number of para-hydroxylation sites is 1. The van der Waals surface area contributed by atoms with E-state index in [4.69, 9.17) is 4.74 Å². The maximum Gasteiger partial charge on any atom is 0.319 e. The number of carbonyl (C=O) groups is 1. The zero-order valence-electron chi connectivity index (χ0n) is 10.7. The van der Waals surface area contributed by atoms with Gasteiger partial charge in [-0.1, -0.05) is 19.1 Å². The highest BCUT2D eigenvalue weighted by atomic mass is 32.2. The van der Waals surface area contributed by atoms with Crippen LogP contribution in [0.4, 0.5) is 10.5 Å². The summed E-state index contributed by atoms with van der Waals surface area (Å²) in [5, 5.41) is 5.76. The lowest BCUT2D eigenvalue weighted by atomic mass is 9.89. The molecule has 0 saturated carbocycles. The maximum absolute atomic E-state index is 11.8. The molecule has 2 amide bonds. The maximum atomic E-state index is 11.8. The van der Waals surface area contributed by atoms with Crippen LogP contribution < -0.4 is 10.6 Å². The zero-order chi connectivity index (χ0) is 13.0. The second-order valence-corrected chi connectivity index (χ2v) is 5.66. The number of hydrogen-bond acceptors (Lipinski definition) is 3. The second kappa shape index (κ2) is 5.63. The Morgan fingerprint density at radius 2 is 2.17 bits per heavy atom. The van der Waals surface area contributed by atoms with Gasteiger partial charge in [-0.3, -0.25) is 0 Å². The van der Waals surface area contributed by atoms with Crippen molar-refractivity contribution in [1.29, 1.82) is 0 Å². The number of ether oxygens (including phenoxy) is 1. The van der Waals surface area contributed by atoms with Gasteiger partial charge in [-0.05, 0) is 18.4 Å². The number of amides is 2. The van der Waals surface area contributed by atoms with Gasteiger partial charge in [0.2, 0.25) is 0 Å². The van der Waals surface area contributed by atoms with Crippen molar-refractivity contribution in [3.05, 3.63) is 24.3 Å². The lowest BCUT2D eigenvalue weighted by molar-refractivity contribution is -0.0974. The minimum atomic E-state index is -0.162. The highest BCUT2D eigenvalue weighted by molar-refractivity contribution is 7.98. The Morgan fingerprint density at radius 1 is 1.44 bits per heavy atom. The Kier molecular flexibility index (Phi) is 4.14. The molecule has 1 aliphatic rings. The Hall–Kier alpha value is -1.20. The fraction of sp³-hybridized carbons (Fsp3) is 0.462. The summed E-state index contributed by atoms with van der Waals surface area (Å²) < 4.78 is 5.15. The summed E-state index contributed by atoms with van der Waals surface area (Å²) in [5.41, 5.74) is 0.939. The minimum absolute atomic E-state index is 0.0936. The van der Waals surface area contributed by atoms with Gasteiger partial charge in [0.1, 0.15) is 0 Å². The molecule has 1 saturated heterocycles. The van der Waals surface area contributed by atoms with E-state index < -0.39 is 0 Å². The summed E-state index contributed by atoms with van der Waals surface area (Å²) in [4.78, 5) is 12.9. The number of thioether (sulfide) groups is 1. The quantitative estimate of drug-likeness (QED) is 0.824. The van der Waals surface area contributed by atoms with Crippen LogP contribution in [-0.2, 0) is 4.74 Å². The standard InChI is InChI=1S/C13H18N2O2S/c1-13(8-17-9-13)7-14-12(16)15-10-5-3-4-6-11(10)18-2/h3-6H,7-9H2,1-2H3,(H2,14,15,16). The van der Waals surface area contributed by atoms with Gasteiger partial charge in [-0.25, -0.2) is 4.79 Å². The van der Waals surface area contributed by atoms with Crippen LogP contribution in [0.3, 0.4) is 0 Å². The Morgan fingerprint density at radius 3 is 2.78 bits per heavy atom. The number of hydrogen-bond donors (Lipinski definition) is 2. The van der Waals surface area contributed by atoms with Crippen molar-refractivity contribution in [2.45, 2.75) is 11.8 Å². The molecule has 4 nitrogen and oxygen atoms in total. The predicted octanol–water partition coefficient (Wildman–Crippen LogP) is 2.57. The van der Waals surface area contributed by atoms with Gasteiger partial charge in [0.25, 0.3) is 0 Å². The number of urea groups is 1. The van der Waals surface area contributed by atoms with Crippen molar-refractivity contribution < 1.29 is 9.53 Å². The van der Waals surface area contributed by atoms with Gasteiger partial charge in [-0.2, -0.15) is 0 Å². The van der Waals surface area contributed by atoms with Crippen molar-refractivity contribution in [2.75, 3.05) is 31.3 Å². The third-order valence-electron chi connectivity index (χ3n) is 2.93. The van der Waals surface area contributed by atoms with Gasteiger partial charge in [0.15, 0.2) is 0 Å². The monoisotopic (exact) mass is 266 g/mol. The number of nitrogens with one attached hydrogen (secondary N) is 2. The molecule has 0 aliphatic carbocycles. The summed E-state index contributed by atoms with van der Waals surface area (Å²) in [6.07, 6.45) is 1.99. The van der Waals surface area contributed by atoms with E-state index in [2.05, 4.69) is 17.6 Å². The van der Waals surface area contributed by atoms with Crippen LogP contribution in [0, 0.1) is 5.41 Å². The molecule has 1 aromatic rings. The molecular weight excluding hydrogens is 248 g/mol. The van der Waals surface area contributed by atoms with Crippen molar-refractivity contribution >= 4 is 23.5 Å². The van der Waals surface area contributed by atoms with E-state index in [1.54, 1.807) is 11.8 Å². The van der Waals surface area contributed by atoms with Crippen LogP contribution in [0.15, 0.2) is 29.2 Å². The van der Waals surface area contributed by atoms with Crippen molar-refractivity contribution in [2.24, 2.45) is 5.41 Å². The van der Waals surface area contributed by atoms with Gasteiger partial charge in [0, 0.05) is 16.9 Å². The molecule has 1 heterocycles. The molecule has 1 aliphatic heterocycles. The minimum Gasteiger partial charge on any atom is -0.380 e. The van der Waals surface area contributed by atoms with Crippen molar-refractivity contribution in [1.82, 2.24) is 5.32 Å². The number of rotatable bonds is 4. The summed E-state index contributed by atoms with van der Waals surface area (Å²) in [5.74, 6) is 0. The van der Waals surface area contributed by atoms with Gasteiger partial charge in [0.05, 0.1) is 18.9 Å². The first kappa shape index (κ1) is 13.2. The Balaban J connectivity index is 1.86. The van der Waals surface area contributed by atoms with Crippen LogP contribution in [0.1, 0.15) is 6.92 Å². The van der Waals surface area contributed by atoms with Crippen molar-refractivity contribution in [3.8, 4) is 0 Å². The molecular formula is C13H18N2O2S. The van der Waals surface area contributed by atoms with Crippen LogP contribution in [0.2, 0.25) is 0 Å². The highest BCUT2D eigenvalue weighted by Gasteiger charge is 2.33. The van der Waals surface area contributed by atoms with E-state index in [1.807, 2.05) is 30.5 Å². The predicted molar refractivity (Wildman–Crippen MR) is 74.2 cm³/mol. The molecule has 98 valence electrons. The number of benzene rings is 1.